The molecule has 0 N–H and O–H groups in total. The minimum absolute atomic E-state index is 0.180. The average Bonchev–Trinajstić information content (AvgIpc) is 2.64. The third-order valence-electron chi connectivity index (χ3n) is 2.54. The number of carbonyl (C=O) groups is 1. The van der Waals surface area contributed by atoms with Crippen molar-refractivity contribution in [1.82, 2.24) is 0 Å². The van der Waals surface area contributed by atoms with Crippen molar-refractivity contribution in [2.75, 3.05) is 11.4 Å². The number of amides is 1. The minimum Gasteiger partial charge on any atom is -0.444 e. The molecular formula is C11H11F2NO2. The maximum absolute atomic E-state index is 13.0. The predicted octanol–water partition coefficient (Wildman–Crippen LogP) is 2.70. The number of ether oxygens (including phenoxy) is 1. The molecule has 0 spiro atoms. The van der Waals surface area contributed by atoms with Gasteiger partial charge in [-0.2, -0.15) is 0 Å². The molecule has 1 aliphatic rings. The Kier molecular flexibility index (Phi) is 2.77. The van der Waals surface area contributed by atoms with E-state index >= 15 is 0 Å². The standard InChI is InChI=1S/C11H11F2NO2/c1-2-8-6-14(11(15)16-8)7-3-4-9(12)10(13)5-7/h3-5,8H,2,6H2,1H3/t8-/m0/s1. The summed E-state index contributed by atoms with van der Waals surface area (Å²) in [6.45, 7) is 2.27. The molecule has 0 bridgehead atoms. The smallest absolute Gasteiger partial charge is 0.414 e. The molecule has 86 valence electrons. The van der Waals surface area contributed by atoms with Gasteiger partial charge in [0.05, 0.1) is 12.2 Å². The average molecular weight is 227 g/mol. The number of rotatable bonds is 2. The Hall–Kier alpha value is -1.65. The summed E-state index contributed by atoms with van der Waals surface area (Å²) < 4.78 is 30.7. The molecule has 1 saturated heterocycles. The predicted molar refractivity (Wildman–Crippen MR) is 54.3 cm³/mol. The molecule has 1 aromatic rings. The Morgan fingerprint density at radius 3 is 2.75 bits per heavy atom. The van der Waals surface area contributed by atoms with Gasteiger partial charge in [-0.1, -0.05) is 6.92 Å². The van der Waals surface area contributed by atoms with Crippen LogP contribution in [0.15, 0.2) is 18.2 Å². The van der Waals surface area contributed by atoms with E-state index in [9.17, 15) is 13.6 Å². The van der Waals surface area contributed by atoms with Crippen molar-refractivity contribution in [2.45, 2.75) is 19.4 Å². The van der Waals surface area contributed by atoms with E-state index < -0.39 is 17.7 Å². The summed E-state index contributed by atoms with van der Waals surface area (Å²) in [5.41, 5.74) is 0.319. The molecule has 16 heavy (non-hydrogen) atoms. The van der Waals surface area contributed by atoms with E-state index in [0.29, 0.717) is 18.7 Å². The van der Waals surface area contributed by atoms with E-state index in [2.05, 4.69) is 0 Å². The Morgan fingerprint density at radius 1 is 1.44 bits per heavy atom. The molecular weight excluding hydrogens is 216 g/mol. The molecule has 2 rings (SSSR count). The highest BCUT2D eigenvalue weighted by Crippen LogP contribution is 2.24. The second kappa shape index (κ2) is 4.08. The van der Waals surface area contributed by atoms with Gasteiger partial charge in [-0.3, -0.25) is 4.90 Å². The fourth-order valence-electron chi connectivity index (χ4n) is 1.60. The van der Waals surface area contributed by atoms with Crippen LogP contribution >= 0.6 is 0 Å². The molecule has 1 aromatic carbocycles. The number of carbonyl (C=O) groups excluding carboxylic acids is 1. The van der Waals surface area contributed by atoms with Gasteiger partial charge in [0, 0.05) is 6.07 Å². The summed E-state index contributed by atoms with van der Waals surface area (Å²) in [6.07, 6.45) is 0.00446. The van der Waals surface area contributed by atoms with Crippen molar-refractivity contribution in [3.05, 3.63) is 29.8 Å². The van der Waals surface area contributed by atoms with Crippen LogP contribution in [0.25, 0.3) is 0 Å². The monoisotopic (exact) mass is 227 g/mol. The van der Waals surface area contributed by atoms with Gasteiger partial charge in [-0.05, 0) is 18.6 Å². The van der Waals surface area contributed by atoms with Gasteiger partial charge < -0.3 is 4.74 Å². The summed E-state index contributed by atoms with van der Waals surface area (Å²) in [4.78, 5) is 12.7. The largest absolute Gasteiger partial charge is 0.444 e. The first-order valence-electron chi connectivity index (χ1n) is 5.05. The van der Waals surface area contributed by atoms with Crippen LogP contribution in [-0.2, 0) is 4.74 Å². The van der Waals surface area contributed by atoms with Crippen molar-refractivity contribution in [2.24, 2.45) is 0 Å². The Morgan fingerprint density at radius 2 is 2.19 bits per heavy atom. The maximum Gasteiger partial charge on any atom is 0.414 e. The van der Waals surface area contributed by atoms with E-state index in [1.165, 1.54) is 11.0 Å². The summed E-state index contributed by atoms with van der Waals surface area (Å²) in [5.74, 6) is -1.89. The third-order valence-corrected chi connectivity index (χ3v) is 2.54. The van der Waals surface area contributed by atoms with Crippen molar-refractivity contribution in [3.8, 4) is 0 Å². The summed E-state index contributed by atoms with van der Waals surface area (Å²) in [5, 5.41) is 0. The fraction of sp³-hybridized carbons (Fsp3) is 0.364. The Balaban J connectivity index is 2.24. The zero-order chi connectivity index (χ0) is 11.7. The maximum atomic E-state index is 13.0. The van der Waals surface area contributed by atoms with Crippen molar-refractivity contribution in [3.63, 3.8) is 0 Å². The first-order valence-corrected chi connectivity index (χ1v) is 5.05. The van der Waals surface area contributed by atoms with Crippen LogP contribution in [0.5, 0.6) is 0 Å². The highest BCUT2D eigenvalue weighted by molar-refractivity contribution is 5.89. The number of nitrogens with zero attached hydrogens (tertiary/aromatic N) is 1. The van der Waals surface area contributed by atoms with Crippen LogP contribution in [0, 0.1) is 11.6 Å². The van der Waals surface area contributed by atoms with Crippen molar-refractivity contribution in [1.29, 1.82) is 0 Å². The van der Waals surface area contributed by atoms with Crippen LogP contribution < -0.4 is 4.90 Å². The third kappa shape index (κ3) is 1.85. The number of hydrogen-bond donors (Lipinski definition) is 0. The van der Waals surface area contributed by atoms with Gasteiger partial charge in [0.2, 0.25) is 0 Å². The number of anilines is 1. The Bertz CT molecular complexity index is 422. The first-order chi connectivity index (χ1) is 7.61. The van der Waals surface area contributed by atoms with Gasteiger partial charge in [0.15, 0.2) is 11.6 Å². The molecule has 0 aromatic heterocycles. The van der Waals surface area contributed by atoms with Crippen molar-refractivity contribution >= 4 is 11.8 Å². The highest BCUT2D eigenvalue weighted by Gasteiger charge is 2.31. The van der Waals surface area contributed by atoms with Gasteiger partial charge >= 0.3 is 6.09 Å². The van der Waals surface area contributed by atoms with Gasteiger partial charge in [0.1, 0.15) is 6.10 Å². The molecule has 3 nitrogen and oxygen atoms in total. The lowest BCUT2D eigenvalue weighted by Gasteiger charge is -2.12. The topological polar surface area (TPSA) is 29.5 Å². The molecule has 0 saturated carbocycles. The van der Waals surface area contributed by atoms with Crippen LogP contribution in [0.3, 0.4) is 0 Å². The van der Waals surface area contributed by atoms with Gasteiger partial charge in [-0.25, -0.2) is 13.6 Å². The number of cyclic esters (lactones) is 1. The normalized spacial score (nSPS) is 20.1. The van der Waals surface area contributed by atoms with Crippen molar-refractivity contribution < 1.29 is 18.3 Å². The lowest BCUT2D eigenvalue weighted by atomic mass is 10.2. The lowest BCUT2D eigenvalue weighted by Crippen LogP contribution is -2.24. The number of hydrogen-bond acceptors (Lipinski definition) is 2. The molecule has 0 aliphatic carbocycles. The molecule has 0 radical (unpaired) electrons. The van der Waals surface area contributed by atoms with E-state index in [1.54, 1.807) is 0 Å². The van der Waals surface area contributed by atoms with Crippen LogP contribution in [0.4, 0.5) is 19.3 Å². The molecule has 1 heterocycles. The Labute approximate surface area is 91.6 Å². The van der Waals surface area contributed by atoms with Crippen LogP contribution in [-0.4, -0.2) is 18.7 Å². The number of halogens is 2. The molecule has 1 atom stereocenters. The summed E-state index contributed by atoms with van der Waals surface area (Å²) in [6, 6.07) is 3.35. The summed E-state index contributed by atoms with van der Waals surface area (Å²) in [7, 11) is 0. The van der Waals surface area contributed by atoms with E-state index in [1.807, 2.05) is 6.92 Å². The highest BCUT2D eigenvalue weighted by atomic mass is 19.2. The molecule has 1 amide bonds. The summed E-state index contributed by atoms with van der Waals surface area (Å²) >= 11 is 0. The quantitative estimate of drug-likeness (QED) is 0.777. The number of benzene rings is 1. The van der Waals surface area contributed by atoms with Gasteiger partial charge in [-0.15, -0.1) is 0 Å². The molecule has 1 aliphatic heterocycles. The van der Waals surface area contributed by atoms with Crippen LogP contribution in [0.1, 0.15) is 13.3 Å². The van der Waals surface area contributed by atoms with E-state index in [4.69, 9.17) is 4.74 Å². The first kappa shape index (κ1) is 10.9. The zero-order valence-electron chi connectivity index (χ0n) is 8.74. The zero-order valence-corrected chi connectivity index (χ0v) is 8.74. The fourth-order valence-corrected chi connectivity index (χ4v) is 1.60. The minimum atomic E-state index is -0.967. The van der Waals surface area contributed by atoms with E-state index in [0.717, 1.165) is 12.1 Å². The molecule has 0 unspecified atom stereocenters. The van der Waals surface area contributed by atoms with Crippen LogP contribution in [0.2, 0.25) is 0 Å². The molecule has 1 fully saturated rings. The van der Waals surface area contributed by atoms with Gasteiger partial charge in [0.25, 0.3) is 0 Å². The SMILES string of the molecule is CC[C@H]1CN(c2ccc(F)c(F)c2)C(=O)O1. The second-order valence-electron chi connectivity index (χ2n) is 3.62. The lowest BCUT2D eigenvalue weighted by molar-refractivity contribution is 0.139. The molecule has 5 heteroatoms. The second-order valence-corrected chi connectivity index (χ2v) is 3.62. The van der Waals surface area contributed by atoms with E-state index in [-0.39, 0.29) is 6.10 Å².